The molecule has 0 unspecified atom stereocenters. The SMILES string of the molecule is CCc1noc(Cc2c(F)cc(F)cc2F)n1. The Kier molecular flexibility index (Phi) is 3.12. The molecule has 0 bridgehead atoms. The van der Waals surface area contributed by atoms with Gasteiger partial charge in [-0.1, -0.05) is 12.1 Å². The van der Waals surface area contributed by atoms with Crippen LogP contribution in [0.25, 0.3) is 0 Å². The molecule has 0 atom stereocenters. The fraction of sp³-hybridized carbons (Fsp3) is 0.273. The van der Waals surface area contributed by atoms with Crippen molar-refractivity contribution < 1.29 is 17.7 Å². The zero-order chi connectivity index (χ0) is 12.4. The highest BCUT2D eigenvalue weighted by Gasteiger charge is 2.15. The van der Waals surface area contributed by atoms with Gasteiger partial charge in [-0.3, -0.25) is 0 Å². The molecule has 1 aromatic heterocycles. The number of halogens is 3. The van der Waals surface area contributed by atoms with Crippen molar-refractivity contribution in [1.29, 1.82) is 0 Å². The van der Waals surface area contributed by atoms with Gasteiger partial charge in [-0.05, 0) is 0 Å². The maximum atomic E-state index is 13.3. The monoisotopic (exact) mass is 242 g/mol. The minimum Gasteiger partial charge on any atom is -0.339 e. The molecule has 0 amide bonds. The average molecular weight is 242 g/mol. The summed E-state index contributed by atoms with van der Waals surface area (Å²) in [5.41, 5.74) is -0.280. The van der Waals surface area contributed by atoms with E-state index in [1.54, 1.807) is 0 Å². The molecule has 0 fully saturated rings. The van der Waals surface area contributed by atoms with E-state index in [0.29, 0.717) is 24.4 Å². The molecule has 0 radical (unpaired) electrons. The predicted octanol–water partition coefficient (Wildman–Crippen LogP) is 2.64. The second-order valence-corrected chi connectivity index (χ2v) is 3.48. The molecule has 0 N–H and O–H groups in total. The van der Waals surface area contributed by atoms with E-state index in [1.165, 1.54) is 0 Å². The van der Waals surface area contributed by atoms with Gasteiger partial charge in [0, 0.05) is 24.1 Å². The standard InChI is InChI=1S/C11H9F3N2O/c1-2-10-15-11(17-16-10)5-7-8(13)3-6(12)4-9(7)14/h3-4H,2,5H2,1H3. The Morgan fingerprint density at radius 1 is 1.18 bits per heavy atom. The highest BCUT2D eigenvalue weighted by atomic mass is 19.1. The van der Waals surface area contributed by atoms with Crippen molar-refractivity contribution in [2.45, 2.75) is 19.8 Å². The number of aryl methyl sites for hydroxylation is 1. The van der Waals surface area contributed by atoms with Crippen LogP contribution >= 0.6 is 0 Å². The van der Waals surface area contributed by atoms with Gasteiger partial charge in [-0.2, -0.15) is 4.98 Å². The Balaban J connectivity index is 2.29. The quantitative estimate of drug-likeness (QED) is 0.830. The summed E-state index contributed by atoms with van der Waals surface area (Å²) in [7, 11) is 0. The second-order valence-electron chi connectivity index (χ2n) is 3.48. The van der Waals surface area contributed by atoms with Crippen LogP contribution in [0.2, 0.25) is 0 Å². The van der Waals surface area contributed by atoms with Crippen LogP contribution in [0.5, 0.6) is 0 Å². The zero-order valence-electron chi connectivity index (χ0n) is 9.01. The van der Waals surface area contributed by atoms with Crippen molar-refractivity contribution in [2.75, 3.05) is 0 Å². The van der Waals surface area contributed by atoms with E-state index in [-0.39, 0.29) is 17.9 Å². The minimum absolute atomic E-state index is 0.103. The second kappa shape index (κ2) is 4.57. The molecular formula is C11H9F3N2O. The topological polar surface area (TPSA) is 38.9 Å². The fourth-order valence-electron chi connectivity index (χ4n) is 1.40. The summed E-state index contributed by atoms with van der Waals surface area (Å²) in [4.78, 5) is 3.92. The van der Waals surface area contributed by atoms with Crippen molar-refractivity contribution in [3.8, 4) is 0 Å². The van der Waals surface area contributed by atoms with Crippen molar-refractivity contribution >= 4 is 0 Å². The highest BCUT2D eigenvalue weighted by molar-refractivity contribution is 5.23. The summed E-state index contributed by atoms with van der Waals surface area (Å²) in [5, 5.41) is 3.60. The summed E-state index contributed by atoms with van der Waals surface area (Å²) >= 11 is 0. The van der Waals surface area contributed by atoms with Gasteiger partial charge < -0.3 is 4.52 Å². The van der Waals surface area contributed by atoms with Gasteiger partial charge in [-0.15, -0.1) is 0 Å². The Morgan fingerprint density at radius 2 is 1.82 bits per heavy atom. The Labute approximate surface area is 95.3 Å². The van der Waals surface area contributed by atoms with Gasteiger partial charge in [0.25, 0.3) is 0 Å². The molecule has 0 saturated heterocycles. The molecule has 0 spiro atoms. The number of hydrogen-bond donors (Lipinski definition) is 0. The van der Waals surface area contributed by atoms with Crippen molar-refractivity contribution in [3.63, 3.8) is 0 Å². The fourth-order valence-corrected chi connectivity index (χ4v) is 1.40. The van der Waals surface area contributed by atoms with E-state index in [2.05, 4.69) is 10.1 Å². The number of aromatic nitrogens is 2. The summed E-state index contributed by atoms with van der Waals surface area (Å²) in [5.74, 6) is -2.31. The molecule has 0 aliphatic carbocycles. The number of nitrogens with zero attached hydrogens (tertiary/aromatic N) is 2. The maximum Gasteiger partial charge on any atom is 0.231 e. The molecule has 0 aliphatic rings. The lowest BCUT2D eigenvalue weighted by Crippen LogP contribution is -1.99. The predicted molar refractivity (Wildman–Crippen MR) is 52.8 cm³/mol. The van der Waals surface area contributed by atoms with Crippen LogP contribution < -0.4 is 0 Å². The third kappa shape index (κ3) is 2.46. The lowest BCUT2D eigenvalue weighted by atomic mass is 10.1. The summed E-state index contributed by atoms with van der Waals surface area (Å²) in [6.45, 7) is 1.83. The van der Waals surface area contributed by atoms with Crippen molar-refractivity contribution in [1.82, 2.24) is 10.1 Å². The molecule has 6 heteroatoms. The first-order valence-corrected chi connectivity index (χ1v) is 5.05. The lowest BCUT2D eigenvalue weighted by Gasteiger charge is -2.01. The minimum atomic E-state index is -0.959. The first-order chi connectivity index (χ1) is 8.10. The third-order valence-corrected chi connectivity index (χ3v) is 2.26. The smallest absolute Gasteiger partial charge is 0.231 e. The Bertz CT molecular complexity index is 516. The van der Waals surface area contributed by atoms with Gasteiger partial charge in [-0.25, -0.2) is 13.2 Å². The Morgan fingerprint density at radius 3 is 2.35 bits per heavy atom. The number of rotatable bonds is 3. The Hall–Kier alpha value is -1.85. The van der Waals surface area contributed by atoms with Crippen LogP contribution in [-0.2, 0) is 12.8 Å². The number of hydrogen-bond acceptors (Lipinski definition) is 3. The van der Waals surface area contributed by atoms with E-state index in [4.69, 9.17) is 4.52 Å². The molecular weight excluding hydrogens is 233 g/mol. The van der Waals surface area contributed by atoms with Gasteiger partial charge >= 0.3 is 0 Å². The average Bonchev–Trinajstić information content (AvgIpc) is 2.71. The molecule has 17 heavy (non-hydrogen) atoms. The van der Waals surface area contributed by atoms with Crippen molar-refractivity contribution in [2.24, 2.45) is 0 Å². The summed E-state index contributed by atoms with van der Waals surface area (Å²) < 4.78 is 44.1. The van der Waals surface area contributed by atoms with Gasteiger partial charge in [0.1, 0.15) is 17.5 Å². The molecule has 1 aromatic carbocycles. The zero-order valence-corrected chi connectivity index (χ0v) is 9.01. The van der Waals surface area contributed by atoms with E-state index in [9.17, 15) is 13.2 Å². The number of benzene rings is 1. The third-order valence-electron chi connectivity index (χ3n) is 2.26. The normalized spacial score (nSPS) is 10.8. The summed E-state index contributed by atoms with van der Waals surface area (Å²) in [6, 6.07) is 1.24. The van der Waals surface area contributed by atoms with E-state index < -0.39 is 17.5 Å². The van der Waals surface area contributed by atoms with Crippen LogP contribution in [0.4, 0.5) is 13.2 Å². The van der Waals surface area contributed by atoms with E-state index >= 15 is 0 Å². The van der Waals surface area contributed by atoms with Crippen LogP contribution in [0.15, 0.2) is 16.7 Å². The van der Waals surface area contributed by atoms with Crippen molar-refractivity contribution in [3.05, 3.63) is 46.9 Å². The lowest BCUT2D eigenvalue weighted by molar-refractivity contribution is 0.376. The van der Waals surface area contributed by atoms with Crippen LogP contribution in [0.3, 0.4) is 0 Å². The molecule has 2 aromatic rings. The van der Waals surface area contributed by atoms with Crippen LogP contribution in [0.1, 0.15) is 24.2 Å². The molecule has 3 nitrogen and oxygen atoms in total. The first kappa shape index (κ1) is 11.6. The molecule has 0 aliphatic heterocycles. The summed E-state index contributed by atoms with van der Waals surface area (Å²) in [6.07, 6.45) is 0.378. The van der Waals surface area contributed by atoms with E-state index in [0.717, 1.165) is 0 Å². The van der Waals surface area contributed by atoms with Gasteiger partial charge in [0.05, 0.1) is 6.42 Å². The maximum absolute atomic E-state index is 13.3. The molecule has 0 saturated carbocycles. The molecule has 1 heterocycles. The largest absolute Gasteiger partial charge is 0.339 e. The molecule has 2 rings (SSSR count). The first-order valence-electron chi connectivity index (χ1n) is 5.05. The van der Waals surface area contributed by atoms with E-state index in [1.807, 2.05) is 6.92 Å². The van der Waals surface area contributed by atoms with Crippen LogP contribution in [-0.4, -0.2) is 10.1 Å². The van der Waals surface area contributed by atoms with Crippen LogP contribution in [0, 0.1) is 17.5 Å². The highest BCUT2D eigenvalue weighted by Crippen LogP contribution is 2.17. The molecule has 90 valence electrons. The van der Waals surface area contributed by atoms with Gasteiger partial charge in [0.2, 0.25) is 5.89 Å². The van der Waals surface area contributed by atoms with Gasteiger partial charge in [0.15, 0.2) is 5.82 Å².